The minimum absolute atomic E-state index is 0.0147. The average molecular weight is 190 g/mol. The first-order valence-electron chi connectivity index (χ1n) is 4.27. The quantitative estimate of drug-likeness (QED) is 0.677. The van der Waals surface area contributed by atoms with Crippen molar-refractivity contribution in [1.29, 1.82) is 0 Å². The third-order valence-corrected chi connectivity index (χ3v) is 4.53. The largest absolute Gasteiger partial charge is 0.299 e. The summed E-state index contributed by atoms with van der Waals surface area (Å²) in [4.78, 5) is 10.9. The van der Waals surface area contributed by atoms with Crippen molar-refractivity contribution in [2.45, 2.75) is 45.1 Å². The molecule has 0 fully saturated rings. The maximum absolute atomic E-state index is 11.6. The second kappa shape index (κ2) is 4.75. The number of hydrogen-bond acceptors (Lipinski definition) is 2. The van der Waals surface area contributed by atoms with Crippen LogP contribution in [0.4, 0.5) is 0 Å². The van der Waals surface area contributed by atoms with Crippen molar-refractivity contribution in [3.8, 4) is 0 Å². The Morgan fingerprint density at radius 3 is 1.83 bits per heavy atom. The summed E-state index contributed by atoms with van der Waals surface area (Å²) < 4.78 is 11.6. The Bertz CT molecular complexity index is 187. The maximum Gasteiger partial charge on any atom is 0.145 e. The summed E-state index contributed by atoms with van der Waals surface area (Å²) in [7, 11) is -1.02. The van der Waals surface area contributed by atoms with E-state index in [0.29, 0.717) is 5.92 Å². The average Bonchev–Trinajstić information content (AvgIpc) is 2.00. The van der Waals surface area contributed by atoms with Crippen LogP contribution in [0, 0.1) is 5.92 Å². The predicted molar refractivity (Wildman–Crippen MR) is 52.6 cm³/mol. The van der Waals surface area contributed by atoms with Gasteiger partial charge in [0.25, 0.3) is 0 Å². The van der Waals surface area contributed by atoms with Gasteiger partial charge in [0.15, 0.2) is 0 Å². The second-order valence-electron chi connectivity index (χ2n) is 3.53. The van der Waals surface area contributed by atoms with Gasteiger partial charge in [-0.25, -0.2) is 0 Å². The molecule has 0 aliphatic heterocycles. The standard InChI is InChI=1S/C9H18O2S/c1-6(2)8(4)12(11)9(5)7(3)10/h6,8-9H,1-5H3. The monoisotopic (exact) mass is 190 g/mol. The van der Waals surface area contributed by atoms with Crippen molar-refractivity contribution in [3.05, 3.63) is 0 Å². The van der Waals surface area contributed by atoms with Crippen LogP contribution >= 0.6 is 0 Å². The van der Waals surface area contributed by atoms with E-state index in [2.05, 4.69) is 0 Å². The molecule has 0 amide bonds. The summed E-state index contributed by atoms with van der Waals surface area (Å²) in [6.07, 6.45) is 0. The third kappa shape index (κ3) is 3.05. The Morgan fingerprint density at radius 2 is 1.58 bits per heavy atom. The summed E-state index contributed by atoms with van der Waals surface area (Å²) in [6.45, 7) is 9.21. The van der Waals surface area contributed by atoms with Gasteiger partial charge in [0.05, 0.1) is 5.25 Å². The first-order chi connectivity index (χ1) is 5.37. The van der Waals surface area contributed by atoms with Gasteiger partial charge in [-0.05, 0) is 19.8 Å². The zero-order chi connectivity index (χ0) is 9.89. The molecule has 0 aromatic carbocycles. The van der Waals surface area contributed by atoms with Gasteiger partial charge in [0.2, 0.25) is 0 Å². The van der Waals surface area contributed by atoms with Crippen LogP contribution in [0.15, 0.2) is 0 Å². The number of rotatable bonds is 4. The molecule has 3 unspecified atom stereocenters. The fourth-order valence-corrected chi connectivity index (χ4v) is 2.26. The van der Waals surface area contributed by atoms with E-state index in [1.165, 1.54) is 6.92 Å². The fraction of sp³-hybridized carbons (Fsp3) is 0.889. The minimum atomic E-state index is -1.02. The molecule has 2 nitrogen and oxygen atoms in total. The van der Waals surface area contributed by atoms with Crippen LogP contribution in [0.1, 0.15) is 34.6 Å². The molecule has 0 radical (unpaired) electrons. The summed E-state index contributed by atoms with van der Waals surface area (Å²) in [5, 5.41) is -0.216. The Labute approximate surface area is 77.2 Å². The maximum atomic E-state index is 11.6. The molecular weight excluding hydrogens is 172 g/mol. The lowest BCUT2D eigenvalue weighted by Gasteiger charge is -2.18. The lowest BCUT2D eigenvalue weighted by atomic mass is 10.2. The first-order valence-corrected chi connectivity index (χ1v) is 5.55. The van der Waals surface area contributed by atoms with Gasteiger partial charge in [-0.3, -0.25) is 9.00 Å². The molecule has 0 spiro atoms. The van der Waals surface area contributed by atoms with Gasteiger partial charge < -0.3 is 0 Å². The molecule has 0 heterocycles. The van der Waals surface area contributed by atoms with Crippen molar-refractivity contribution in [2.24, 2.45) is 5.92 Å². The van der Waals surface area contributed by atoms with Crippen molar-refractivity contribution in [3.63, 3.8) is 0 Å². The summed E-state index contributed by atoms with van der Waals surface area (Å²) in [5.41, 5.74) is 0. The van der Waals surface area contributed by atoms with Crippen molar-refractivity contribution in [2.75, 3.05) is 0 Å². The zero-order valence-electron chi connectivity index (χ0n) is 8.46. The molecule has 0 aliphatic carbocycles. The zero-order valence-corrected chi connectivity index (χ0v) is 9.27. The molecule has 12 heavy (non-hydrogen) atoms. The van der Waals surface area contributed by atoms with Crippen molar-refractivity contribution < 1.29 is 9.00 Å². The van der Waals surface area contributed by atoms with Crippen LogP contribution in [0.25, 0.3) is 0 Å². The van der Waals surface area contributed by atoms with E-state index >= 15 is 0 Å². The molecule has 0 saturated carbocycles. The highest BCUT2D eigenvalue weighted by Gasteiger charge is 2.23. The molecule has 3 heteroatoms. The smallest absolute Gasteiger partial charge is 0.145 e. The molecule has 0 aliphatic rings. The van der Waals surface area contributed by atoms with E-state index in [1.807, 2.05) is 20.8 Å². The van der Waals surface area contributed by atoms with E-state index in [1.54, 1.807) is 6.92 Å². The molecule has 0 aromatic heterocycles. The topological polar surface area (TPSA) is 34.1 Å². The van der Waals surface area contributed by atoms with Crippen LogP contribution in [-0.4, -0.2) is 20.5 Å². The van der Waals surface area contributed by atoms with Crippen LogP contribution in [0.3, 0.4) is 0 Å². The van der Waals surface area contributed by atoms with Crippen LogP contribution in [0.5, 0.6) is 0 Å². The molecule has 0 bridgehead atoms. The normalized spacial score (nSPS) is 18.8. The minimum Gasteiger partial charge on any atom is -0.299 e. The SMILES string of the molecule is CC(=O)C(C)S(=O)C(C)C(C)C. The number of hydrogen-bond donors (Lipinski definition) is 0. The van der Waals surface area contributed by atoms with Crippen molar-refractivity contribution in [1.82, 2.24) is 0 Å². The summed E-state index contributed by atoms with van der Waals surface area (Å²) in [6, 6.07) is 0. The van der Waals surface area contributed by atoms with Gasteiger partial charge in [-0.2, -0.15) is 0 Å². The Kier molecular flexibility index (Phi) is 4.68. The number of carbonyl (C=O) groups is 1. The lowest BCUT2D eigenvalue weighted by molar-refractivity contribution is -0.116. The van der Waals surface area contributed by atoms with Gasteiger partial charge in [0, 0.05) is 16.0 Å². The van der Waals surface area contributed by atoms with E-state index < -0.39 is 10.8 Å². The first kappa shape index (κ1) is 11.8. The molecule has 72 valence electrons. The molecule has 3 atom stereocenters. The van der Waals surface area contributed by atoms with Gasteiger partial charge >= 0.3 is 0 Å². The Balaban J connectivity index is 4.29. The summed E-state index contributed by atoms with van der Waals surface area (Å²) >= 11 is 0. The van der Waals surface area contributed by atoms with Crippen LogP contribution < -0.4 is 0 Å². The highest BCUT2D eigenvalue weighted by molar-refractivity contribution is 7.87. The molecule has 0 saturated heterocycles. The second-order valence-corrected chi connectivity index (χ2v) is 5.64. The molecular formula is C9H18O2S. The van der Waals surface area contributed by atoms with Gasteiger partial charge in [0.1, 0.15) is 5.78 Å². The van der Waals surface area contributed by atoms with E-state index in [0.717, 1.165) is 0 Å². The van der Waals surface area contributed by atoms with Crippen LogP contribution in [0.2, 0.25) is 0 Å². The highest BCUT2D eigenvalue weighted by atomic mass is 32.2. The Morgan fingerprint density at radius 1 is 1.17 bits per heavy atom. The highest BCUT2D eigenvalue weighted by Crippen LogP contribution is 2.12. The third-order valence-electron chi connectivity index (χ3n) is 2.23. The summed E-state index contributed by atoms with van der Waals surface area (Å²) in [5.74, 6) is 0.383. The van der Waals surface area contributed by atoms with E-state index in [-0.39, 0.29) is 16.3 Å². The Hall–Kier alpha value is -0.180. The van der Waals surface area contributed by atoms with E-state index in [9.17, 15) is 9.00 Å². The molecule has 0 N–H and O–H groups in total. The van der Waals surface area contributed by atoms with Gasteiger partial charge in [-0.15, -0.1) is 0 Å². The van der Waals surface area contributed by atoms with Gasteiger partial charge in [-0.1, -0.05) is 20.8 Å². The number of ketones is 1. The van der Waals surface area contributed by atoms with Crippen molar-refractivity contribution >= 4 is 16.6 Å². The number of carbonyl (C=O) groups excluding carboxylic acids is 1. The molecule has 0 aromatic rings. The lowest BCUT2D eigenvalue weighted by Crippen LogP contribution is -2.30. The van der Waals surface area contributed by atoms with Crippen LogP contribution in [-0.2, 0) is 15.6 Å². The predicted octanol–water partition coefficient (Wildman–Crippen LogP) is 1.76. The fourth-order valence-electron chi connectivity index (χ4n) is 0.754. The van der Waals surface area contributed by atoms with E-state index in [4.69, 9.17) is 0 Å². The molecule has 0 rings (SSSR count). The number of Topliss-reactive ketones (excluding diaryl/α,β-unsaturated/α-hetero) is 1.